The molecule has 1 heterocycles. The van der Waals surface area contributed by atoms with E-state index in [1.54, 1.807) is 12.4 Å². The first-order valence-corrected chi connectivity index (χ1v) is 9.12. The Morgan fingerprint density at radius 3 is 2.26 bits per heavy atom. The van der Waals surface area contributed by atoms with Crippen LogP contribution in [0.15, 0.2) is 12.4 Å². The van der Waals surface area contributed by atoms with Crippen LogP contribution in [0.1, 0.15) is 75.7 Å². The normalized spacial score (nSPS) is 15.9. The molecule has 0 saturated heterocycles. The van der Waals surface area contributed by atoms with E-state index in [-0.39, 0.29) is 5.91 Å². The molecule has 1 aromatic rings. The summed E-state index contributed by atoms with van der Waals surface area (Å²) in [4.78, 5) is 23.3. The topological polar surface area (TPSA) is 58.1 Å². The second-order valence-electron chi connectivity index (χ2n) is 6.41. The Bertz CT molecular complexity index is 460. The molecule has 5 heteroatoms. The van der Waals surface area contributed by atoms with E-state index in [9.17, 15) is 4.79 Å². The lowest BCUT2D eigenvalue weighted by Crippen LogP contribution is -2.35. The predicted molar refractivity (Wildman–Crippen MR) is 93.8 cm³/mol. The molecule has 0 radical (unpaired) electrons. The van der Waals surface area contributed by atoms with Gasteiger partial charge in [-0.25, -0.2) is 9.97 Å². The third-order valence-electron chi connectivity index (χ3n) is 4.37. The number of carbonyl (C=O) groups is 1. The highest BCUT2D eigenvalue weighted by molar-refractivity contribution is 5.92. The zero-order valence-corrected chi connectivity index (χ0v) is 14.6. The molecule has 1 N–H and O–H groups in total. The van der Waals surface area contributed by atoms with E-state index in [0.717, 1.165) is 44.6 Å². The Balaban J connectivity index is 1.95. The van der Waals surface area contributed by atoms with Gasteiger partial charge in [-0.3, -0.25) is 4.79 Å². The van der Waals surface area contributed by atoms with E-state index in [2.05, 4.69) is 34.0 Å². The van der Waals surface area contributed by atoms with Crippen molar-refractivity contribution >= 4 is 11.7 Å². The maximum atomic E-state index is 12.3. The van der Waals surface area contributed by atoms with Crippen LogP contribution in [0.2, 0.25) is 0 Å². The van der Waals surface area contributed by atoms with Gasteiger partial charge in [0, 0.05) is 19.1 Å². The van der Waals surface area contributed by atoms with Crippen LogP contribution >= 0.6 is 0 Å². The van der Waals surface area contributed by atoms with Crippen LogP contribution < -0.4 is 10.2 Å². The summed E-state index contributed by atoms with van der Waals surface area (Å²) >= 11 is 0. The van der Waals surface area contributed by atoms with Crippen molar-refractivity contribution in [1.82, 2.24) is 15.3 Å². The van der Waals surface area contributed by atoms with Crippen LogP contribution in [-0.4, -0.2) is 35.0 Å². The Kier molecular flexibility index (Phi) is 7.30. The number of hydrogen-bond acceptors (Lipinski definition) is 4. The molecule has 1 aliphatic carbocycles. The number of amides is 1. The van der Waals surface area contributed by atoms with Crippen LogP contribution in [0.3, 0.4) is 0 Å². The zero-order chi connectivity index (χ0) is 16.5. The number of aromatic nitrogens is 2. The maximum absolute atomic E-state index is 12.3. The molecule has 1 amide bonds. The number of carbonyl (C=O) groups excluding carboxylic acids is 1. The number of nitrogens with zero attached hydrogens (tertiary/aromatic N) is 3. The smallest absolute Gasteiger partial charge is 0.271 e. The molecule has 1 saturated carbocycles. The van der Waals surface area contributed by atoms with Gasteiger partial charge in [-0.2, -0.15) is 0 Å². The Hall–Kier alpha value is -1.65. The fourth-order valence-electron chi connectivity index (χ4n) is 3.17. The first-order valence-electron chi connectivity index (χ1n) is 9.12. The summed E-state index contributed by atoms with van der Waals surface area (Å²) in [6.45, 7) is 6.25. The SMILES string of the molecule is CCCN(CCC)c1cnc(C(=O)NC2CCCCCC2)cn1. The highest BCUT2D eigenvalue weighted by Gasteiger charge is 2.17. The second kappa shape index (κ2) is 9.48. The average molecular weight is 318 g/mol. The summed E-state index contributed by atoms with van der Waals surface area (Å²) in [5.74, 6) is 0.771. The minimum absolute atomic E-state index is 0.0894. The van der Waals surface area contributed by atoms with Gasteiger partial charge in [-0.15, -0.1) is 0 Å². The molecular weight excluding hydrogens is 288 g/mol. The Labute approximate surface area is 139 Å². The Morgan fingerprint density at radius 2 is 1.74 bits per heavy atom. The second-order valence-corrected chi connectivity index (χ2v) is 6.41. The predicted octanol–water partition coefficient (Wildman–Crippen LogP) is 3.56. The van der Waals surface area contributed by atoms with Gasteiger partial charge in [0.15, 0.2) is 0 Å². The van der Waals surface area contributed by atoms with Crippen LogP contribution in [0.5, 0.6) is 0 Å². The summed E-state index contributed by atoms with van der Waals surface area (Å²) in [6.07, 6.45) is 12.6. The van der Waals surface area contributed by atoms with E-state index < -0.39 is 0 Å². The van der Waals surface area contributed by atoms with Gasteiger partial charge in [-0.05, 0) is 25.7 Å². The molecule has 0 spiro atoms. The van der Waals surface area contributed by atoms with Crippen molar-refractivity contribution in [1.29, 1.82) is 0 Å². The van der Waals surface area contributed by atoms with Gasteiger partial charge < -0.3 is 10.2 Å². The van der Waals surface area contributed by atoms with E-state index >= 15 is 0 Å². The van der Waals surface area contributed by atoms with Crippen LogP contribution in [0, 0.1) is 0 Å². The van der Waals surface area contributed by atoms with Crippen molar-refractivity contribution < 1.29 is 4.79 Å². The molecule has 0 bridgehead atoms. The molecule has 0 aliphatic heterocycles. The lowest BCUT2D eigenvalue weighted by Gasteiger charge is -2.22. The van der Waals surface area contributed by atoms with Crippen molar-refractivity contribution in [3.63, 3.8) is 0 Å². The quantitative estimate of drug-likeness (QED) is 0.781. The zero-order valence-electron chi connectivity index (χ0n) is 14.6. The molecule has 5 nitrogen and oxygen atoms in total. The fraction of sp³-hybridized carbons (Fsp3) is 0.722. The number of rotatable bonds is 7. The Morgan fingerprint density at radius 1 is 1.09 bits per heavy atom. The number of anilines is 1. The molecule has 2 rings (SSSR count). The largest absolute Gasteiger partial charge is 0.355 e. The van der Waals surface area contributed by atoms with Crippen LogP contribution in [0.25, 0.3) is 0 Å². The van der Waals surface area contributed by atoms with Crippen LogP contribution in [0.4, 0.5) is 5.82 Å². The number of hydrogen-bond donors (Lipinski definition) is 1. The van der Waals surface area contributed by atoms with E-state index in [4.69, 9.17) is 0 Å². The molecule has 0 aromatic carbocycles. The minimum Gasteiger partial charge on any atom is -0.355 e. The van der Waals surface area contributed by atoms with E-state index in [1.165, 1.54) is 25.7 Å². The van der Waals surface area contributed by atoms with Crippen molar-refractivity contribution in [3.8, 4) is 0 Å². The molecule has 0 unspecified atom stereocenters. The van der Waals surface area contributed by atoms with Gasteiger partial charge in [-0.1, -0.05) is 39.5 Å². The lowest BCUT2D eigenvalue weighted by atomic mass is 10.1. The fourth-order valence-corrected chi connectivity index (χ4v) is 3.17. The maximum Gasteiger partial charge on any atom is 0.271 e. The molecule has 23 heavy (non-hydrogen) atoms. The summed E-state index contributed by atoms with van der Waals surface area (Å²) < 4.78 is 0. The first-order chi connectivity index (χ1) is 11.2. The molecule has 0 atom stereocenters. The highest BCUT2D eigenvalue weighted by atomic mass is 16.1. The standard InChI is InChI=1S/C18H30N4O/c1-3-11-22(12-4-2)17-14-19-16(13-20-17)18(23)21-15-9-7-5-6-8-10-15/h13-15H,3-12H2,1-2H3,(H,21,23). The minimum atomic E-state index is -0.0894. The van der Waals surface area contributed by atoms with E-state index in [0.29, 0.717) is 11.7 Å². The van der Waals surface area contributed by atoms with Gasteiger partial charge in [0.05, 0.1) is 12.4 Å². The molecular formula is C18H30N4O. The van der Waals surface area contributed by atoms with Gasteiger partial charge in [0.2, 0.25) is 0 Å². The summed E-state index contributed by atoms with van der Waals surface area (Å²) in [5.41, 5.74) is 0.422. The summed E-state index contributed by atoms with van der Waals surface area (Å²) in [6, 6.07) is 0.295. The molecule has 128 valence electrons. The lowest BCUT2D eigenvalue weighted by molar-refractivity contribution is 0.0928. The molecule has 1 fully saturated rings. The monoisotopic (exact) mass is 318 g/mol. The van der Waals surface area contributed by atoms with Gasteiger partial charge in [0.25, 0.3) is 5.91 Å². The number of nitrogens with one attached hydrogen (secondary N) is 1. The van der Waals surface area contributed by atoms with E-state index in [1.807, 2.05) is 0 Å². The third kappa shape index (κ3) is 5.48. The van der Waals surface area contributed by atoms with Crippen molar-refractivity contribution in [2.75, 3.05) is 18.0 Å². The molecule has 1 aromatic heterocycles. The van der Waals surface area contributed by atoms with Crippen molar-refractivity contribution in [3.05, 3.63) is 18.1 Å². The highest BCUT2D eigenvalue weighted by Crippen LogP contribution is 2.17. The van der Waals surface area contributed by atoms with Crippen molar-refractivity contribution in [2.24, 2.45) is 0 Å². The average Bonchev–Trinajstić information content (AvgIpc) is 2.83. The van der Waals surface area contributed by atoms with Crippen LogP contribution in [-0.2, 0) is 0 Å². The van der Waals surface area contributed by atoms with Gasteiger partial charge >= 0.3 is 0 Å². The third-order valence-corrected chi connectivity index (χ3v) is 4.37. The first kappa shape index (κ1) is 17.7. The van der Waals surface area contributed by atoms with Crippen molar-refractivity contribution in [2.45, 2.75) is 71.3 Å². The molecule has 1 aliphatic rings. The summed E-state index contributed by atoms with van der Waals surface area (Å²) in [7, 11) is 0. The van der Waals surface area contributed by atoms with Gasteiger partial charge in [0.1, 0.15) is 11.5 Å². The summed E-state index contributed by atoms with van der Waals surface area (Å²) in [5, 5.41) is 3.12.